The molecule has 1 aliphatic rings. The van der Waals surface area contributed by atoms with Crippen LogP contribution in [-0.4, -0.2) is 17.1 Å². The Balaban J connectivity index is 1.34. The van der Waals surface area contributed by atoms with E-state index in [1.54, 1.807) is 18.4 Å². The molecule has 0 aliphatic carbocycles. The van der Waals surface area contributed by atoms with E-state index >= 15 is 0 Å². The summed E-state index contributed by atoms with van der Waals surface area (Å²) in [5, 5.41) is 2.36. The summed E-state index contributed by atoms with van der Waals surface area (Å²) in [7, 11) is 0. The number of aromatic nitrogens is 1. The molecule has 0 spiro atoms. The lowest BCUT2D eigenvalue weighted by Crippen LogP contribution is -2.39. The topological polar surface area (TPSA) is 69.9 Å². The molecular weight excluding hydrogens is 671 g/mol. The zero-order valence-corrected chi connectivity index (χ0v) is 26.9. The second kappa shape index (κ2) is 12.3. The second-order valence-corrected chi connectivity index (χ2v) is 12.5. The van der Waals surface area contributed by atoms with Crippen molar-refractivity contribution in [2.75, 3.05) is 6.61 Å². The van der Waals surface area contributed by atoms with Crippen LogP contribution in [0.2, 0.25) is 0 Å². The summed E-state index contributed by atoms with van der Waals surface area (Å²) in [6.45, 7) is 6.26. The molecule has 0 N–H and O–H groups in total. The van der Waals surface area contributed by atoms with E-state index in [4.69, 9.17) is 9.47 Å². The van der Waals surface area contributed by atoms with Crippen LogP contribution in [0.3, 0.4) is 0 Å². The van der Waals surface area contributed by atoms with Crippen LogP contribution in [0.5, 0.6) is 5.75 Å². The number of thiazole rings is 1. The summed E-state index contributed by atoms with van der Waals surface area (Å²) in [6.07, 6.45) is 1.87. The number of ether oxygens (including phenoxy) is 2. The molecule has 0 bridgehead atoms. The molecule has 6 nitrogen and oxygen atoms in total. The smallest absolute Gasteiger partial charge is 0.338 e. The molecule has 43 heavy (non-hydrogen) atoms. The predicted octanol–water partition coefficient (Wildman–Crippen LogP) is 6.44. The van der Waals surface area contributed by atoms with Gasteiger partial charge in [-0.15, -0.1) is 0 Å². The Labute approximate surface area is 266 Å². The molecule has 216 valence electrons. The Morgan fingerprint density at radius 3 is 2.56 bits per heavy atom. The van der Waals surface area contributed by atoms with Crippen molar-refractivity contribution < 1.29 is 14.3 Å². The van der Waals surface area contributed by atoms with Crippen molar-refractivity contribution in [3.8, 4) is 5.75 Å². The Bertz CT molecular complexity index is 2070. The molecule has 1 atom stereocenters. The van der Waals surface area contributed by atoms with Gasteiger partial charge in [0.1, 0.15) is 12.4 Å². The number of hydrogen-bond acceptors (Lipinski definition) is 6. The van der Waals surface area contributed by atoms with E-state index < -0.39 is 12.0 Å². The number of hydrogen-bond donors (Lipinski definition) is 0. The van der Waals surface area contributed by atoms with E-state index in [1.165, 1.54) is 22.1 Å². The minimum absolute atomic E-state index is 0.199. The Kier molecular flexibility index (Phi) is 8.32. The molecule has 8 heteroatoms. The third-order valence-electron chi connectivity index (χ3n) is 7.43. The van der Waals surface area contributed by atoms with E-state index in [-0.39, 0.29) is 12.2 Å². The lowest BCUT2D eigenvalue weighted by molar-refractivity contribution is -0.139. The van der Waals surface area contributed by atoms with Crippen LogP contribution in [0.4, 0.5) is 0 Å². The zero-order chi connectivity index (χ0) is 30.1. The second-order valence-electron chi connectivity index (χ2n) is 10.3. The van der Waals surface area contributed by atoms with Gasteiger partial charge in [-0.3, -0.25) is 9.36 Å². The van der Waals surface area contributed by atoms with Crippen molar-refractivity contribution in [2.24, 2.45) is 4.99 Å². The third kappa shape index (κ3) is 5.81. The molecule has 0 radical (unpaired) electrons. The molecule has 1 aliphatic heterocycles. The highest BCUT2D eigenvalue weighted by Crippen LogP contribution is 2.31. The van der Waals surface area contributed by atoms with Crippen molar-refractivity contribution >= 4 is 56.7 Å². The first kappa shape index (κ1) is 29.1. The SMILES string of the molecule is CCOC(=O)C1=C(C)N=c2s/c(=C/c3ccc(OCc4cccc5ccccc45)c(I)c3)c(=O)n2[C@H]1c1ccc(C)cc1. The zero-order valence-electron chi connectivity index (χ0n) is 24.0. The first-order valence-corrected chi connectivity index (χ1v) is 15.9. The standard InChI is InChI=1S/C35H29IN2O4S/c1-4-41-34(40)31-22(3)37-35-38(32(31)25-15-12-21(2)13-16-25)33(39)30(43-35)19-23-14-17-29(28(36)18-23)42-20-26-10-7-9-24-8-5-6-11-27(24)26/h5-19,32H,4,20H2,1-3H3/b30-19+/t32-/m0/s1. The van der Waals surface area contributed by atoms with Gasteiger partial charge in [-0.1, -0.05) is 89.7 Å². The number of benzene rings is 4. The van der Waals surface area contributed by atoms with Crippen LogP contribution in [0, 0.1) is 10.5 Å². The molecule has 0 saturated heterocycles. The summed E-state index contributed by atoms with van der Waals surface area (Å²) in [6, 6.07) is 27.7. The van der Waals surface area contributed by atoms with Gasteiger partial charge in [0.25, 0.3) is 5.56 Å². The van der Waals surface area contributed by atoms with Gasteiger partial charge in [0.05, 0.1) is 32.0 Å². The van der Waals surface area contributed by atoms with Crippen LogP contribution >= 0.6 is 33.9 Å². The molecule has 0 amide bonds. The minimum atomic E-state index is -0.622. The number of halogens is 1. The molecule has 0 fully saturated rings. The molecule has 5 aromatic rings. The fourth-order valence-electron chi connectivity index (χ4n) is 5.30. The Morgan fingerprint density at radius 2 is 1.79 bits per heavy atom. The van der Waals surface area contributed by atoms with Crippen LogP contribution in [0.25, 0.3) is 16.8 Å². The first-order chi connectivity index (χ1) is 20.8. The fraction of sp³-hybridized carbons (Fsp3) is 0.171. The number of carbonyl (C=O) groups is 1. The third-order valence-corrected chi connectivity index (χ3v) is 9.25. The van der Waals surface area contributed by atoms with E-state index in [0.717, 1.165) is 31.6 Å². The average molecular weight is 701 g/mol. The molecule has 1 aromatic heterocycles. The molecule has 0 unspecified atom stereocenters. The first-order valence-electron chi connectivity index (χ1n) is 14.0. The lowest BCUT2D eigenvalue weighted by Gasteiger charge is -2.24. The summed E-state index contributed by atoms with van der Waals surface area (Å²) in [5.41, 5.74) is 4.66. The minimum Gasteiger partial charge on any atom is -0.488 e. The molecule has 4 aromatic carbocycles. The van der Waals surface area contributed by atoms with Gasteiger partial charge in [-0.2, -0.15) is 0 Å². The van der Waals surface area contributed by atoms with E-state index in [1.807, 2.05) is 73.7 Å². The number of allylic oxidation sites excluding steroid dienone is 1. The van der Waals surface area contributed by atoms with Gasteiger partial charge >= 0.3 is 5.97 Å². The monoisotopic (exact) mass is 700 g/mol. The number of nitrogens with zero attached hydrogens (tertiary/aromatic N) is 2. The van der Waals surface area contributed by atoms with Gasteiger partial charge in [-0.25, -0.2) is 9.79 Å². The van der Waals surface area contributed by atoms with Crippen molar-refractivity contribution in [3.63, 3.8) is 0 Å². The van der Waals surface area contributed by atoms with Gasteiger partial charge < -0.3 is 9.47 Å². The van der Waals surface area contributed by atoms with Crippen molar-refractivity contribution in [3.05, 3.63) is 142 Å². The van der Waals surface area contributed by atoms with Crippen LogP contribution < -0.4 is 19.6 Å². The van der Waals surface area contributed by atoms with Crippen molar-refractivity contribution in [1.29, 1.82) is 0 Å². The van der Waals surface area contributed by atoms with Gasteiger partial charge in [-0.05, 0) is 89.0 Å². The Hall–Kier alpha value is -4.02. The lowest BCUT2D eigenvalue weighted by atomic mass is 9.95. The van der Waals surface area contributed by atoms with Crippen molar-refractivity contribution in [1.82, 2.24) is 4.57 Å². The highest BCUT2D eigenvalue weighted by molar-refractivity contribution is 14.1. The fourth-order valence-corrected chi connectivity index (χ4v) is 7.05. The average Bonchev–Trinajstić information content (AvgIpc) is 3.30. The molecule has 6 rings (SSSR count). The van der Waals surface area contributed by atoms with E-state index in [2.05, 4.69) is 51.8 Å². The molecular formula is C35H29IN2O4S. The maximum absolute atomic E-state index is 13.9. The van der Waals surface area contributed by atoms with Gasteiger partial charge in [0, 0.05) is 0 Å². The number of fused-ring (bicyclic) bond motifs is 2. The molecule has 0 saturated carbocycles. The summed E-state index contributed by atoms with van der Waals surface area (Å²) in [4.78, 5) is 32.2. The van der Waals surface area contributed by atoms with E-state index in [0.29, 0.717) is 27.2 Å². The highest BCUT2D eigenvalue weighted by Gasteiger charge is 2.33. The predicted molar refractivity (Wildman–Crippen MR) is 179 cm³/mol. The molecule has 2 heterocycles. The number of rotatable bonds is 7. The maximum Gasteiger partial charge on any atom is 0.338 e. The Morgan fingerprint density at radius 1 is 1.02 bits per heavy atom. The number of carbonyl (C=O) groups excluding carboxylic acids is 1. The van der Waals surface area contributed by atoms with E-state index in [9.17, 15) is 9.59 Å². The van der Waals surface area contributed by atoms with Crippen LogP contribution in [-0.2, 0) is 16.1 Å². The van der Waals surface area contributed by atoms with Crippen molar-refractivity contribution in [2.45, 2.75) is 33.4 Å². The summed E-state index contributed by atoms with van der Waals surface area (Å²) >= 11 is 3.58. The van der Waals surface area contributed by atoms with Gasteiger partial charge in [0.15, 0.2) is 4.80 Å². The van der Waals surface area contributed by atoms with Gasteiger partial charge in [0.2, 0.25) is 0 Å². The summed E-state index contributed by atoms with van der Waals surface area (Å²) in [5.74, 6) is 0.318. The van der Waals surface area contributed by atoms with Crippen LogP contribution in [0.15, 0.2) is 106 Å². The number of esters is 1. The summed E-state index contributed by atoms with van der Waals surface area (Å²) < 4.78 is 14.7. The number of aryl methyl sites for hydroxylation is 1. The largest absolute Gasteiger partial charge is 0.488 e. The quantitative estimate of drug-likeness (QED) is 0.145. The maximum atomic E-state index is 13.9. The normalized spacial score (nSPS) is 14.9. The highest BCUT2D eigenvalue weighted by atomic mass is 127. The van der Waals surface area contributed by atoms with Crippen LogP contribution in [0.1, 0.15) is 42.1 Å².